The summed E-state index contributed by atoms with van der Waals surface area (Å²) in [6, 6.07) is 0. The average Bonchev–Trinajstić information content (AvgIpc) is 2.45. The van der Waals surface area contributed by atoms with E-state index >= 15 is 0 Å². The van der Waals surface area contributed by atoms with Gasteiger partial charge in [0.25, 0.3) is 10.0 Å². The van der Waals surface area contributed by atoms with Gasteiger partial charge in [-0.1, -0.05) is 0 Å². The van der Waals surface area contributed by atoms with Gasteiger partial charge in [-0.2, -0.15) is 13.1 Å². The molecule has 0 saturated carbocycles. The summed E-state index contributed by atoms with van der Waals surface area (Å²) in [5, 5.41) is 5.76. The Balaban J connectivity index is 0.00000441. The monoisotopic (exact) mass is 363 g/mol. The summed E-state index contributed by atoms with van der Waals surface area (Å²) in [7, 11) is -2.65. The van der Waals surface area contributed by atoms with Gasteiger partial charge in [0, 0.05) is 26.1 Å². The van der Waals surface area contributed by atoms with Crippen molar-refractivity contribution in [3.63, 3.8) is 0 Å². The van der Waals surface area contributed by atoms with E-state index < -0.39 is 15.8 Å². The molecule has 0 radical (unpaired) electrons. The number of carbonyl (C=O) groups is 1. The van der Waals surface area contributed by atoms with E-state index in [1.54, 1.807) is 0 Å². The molecule has 6 nitrogen and oxygen atoms in total. The van der Waals surface area contributed by atoms with Crippen molar-refractivity contribution in [2.24, 2.45) is 5.92 Å². The Morgan fingerprint density at radius 1 is 1.32 bits per heavy atom. The van der Waals surface area contributed by atoms with Gasteiger partial charge in [0.2, 0.25) is 5.91 Å². The van der Waals surface area contributed by atoms with E-state index in [9.17, 15) is 22.0 Å². The van der Waals surface area contributed by atoms with Gasteiger partial charge in [-0.15, -0.1) is 12.4 Å². The normalized spacial score (nSPS) is 17.3. The minimum atomic E-state index is -4.46. The maximum Gasteiger partial charge on any atom is 0.350 e. The first kappa shape index (κ1) is 21.5. The summed E-state index contributed by atoms with van der Waals surface area (Å²) in [6.45, 7) is 1.43. The molecule has 2 N–H and O–H groups in total. The van der Waals surface area contributed by atoms with Gasteiger partial charge in [-0.3, -0.25) is 4.79 Å². The molecule has 1 saturated heterocycles. The molecule has 1 aliphatic rings. The van der Waals surface area contributed by atoms with Crippen LogP contribution in [0.5, 0.6) is 0 Å². The fourth-order valence-corrected chi connectivity index (χ4v) is 3.20. The molecule has 132 valence electrons. The second-order valence-corrected chi connectivity index (χ2v) is 7.06. The Labute approximate surface area is 136 Å². The van der Waals surface area contributed by atoms with Crippen molar-refractivity contribution in [3.05, 3.63) is 0 Å². The maximum atomic E-state index is 12.4. The van der Waals surface area contributed by atoms with Crippen LogP contribution in [0.3, 0.4) is 0 Å². The Hall–Kier alpha value is -0.510. The molecule has 1 heterocycles. The van der Waals surface area contributed by atoms with E-state index in [0.717, 1.165) is 17.3 Å². The first-order chi connectivity index (χ1) is 9.87. The van der Waals surface area contributed by atoms with Gasteiger partial charge >= 0.3 is 5.76 Å². The van der Waals surface area contributed by atoms with Crippen molar-refractivity contribution in [2.75, 3.05) is 33.2 Å². The second-order valence-electron chi connectivity index (χ2n) is 5.16. The van der Waals surface area contributed by atoms with Crippen molar-refractivity contribution in [3.8, 4) is 0 Å². The van der Waals surface area contributed by atoms with E-state index in [1.807, 2.05) is 7.05 Å². The standard InChI is InChI=1S/C12H23F2N3O3S.ClH/c1-15-6-2-3-11(18)16-9-10-4-7-17(8-5-10)21(19,20)12(13)14;/h10,12,15H,2-9H2,1H3,(H,16,18);1H. The van der Waals surface area contributed by atoms with Gasteiger partial charge in [-0.05, 0) is 38.8 Å². The molecule has 1 amide bonds. The molecular formula is C12H24ClF2N3O3S. The molecule has 0 aromatic heterocycles. The smallest absolute Gasteiger partial charge is 0.350 e. The number of rotatable bonds is 8. The third-order valence-corrected chi connectivity index (χ3v) is 5.11. The number of alkyl halides is 2. The Bertz CT molecular complexity index is 429. The van der Waals surface area contributed by atoms with Gasteiger partial charge in [-0.25, -0.2) is 8.42 Å². The van der Waals surface area contributed by atoms with E-state index in [1.165, 1.54) is 0 Å². The number of nitrogens with zero attached hydrogens (tertiary/aromatic N) is 1. The number of hydrogen-bond donors (Lipinski definition) is 2. The van der Waals surface area contributed by atoms with Crippen molar-refractivity contribution in [2.45, 2.75) is 31.4 Å². The first-order valence-corrected chi connectivity index (χ1v) is 8.56. The minimum absolute atomic E-state index is 0. The zero-order valence-electron chi connectivity index (χ0n) is 12.6. The average molecular weight is 364 g/mol. The van der Waals surface area contributed by atoms with Crippen LogP contribution in [0, 0.1) is 5.92 Å². The molecule has 0 atom stereocenters. The van der Waals surface area contributed by atoms with Gasteiger partial charge in [0.05, 0.1) is 0 Å². The van der Waals surface area contributed by atoms with E-state index in [0.29, 0.717) is 25.8 Å². The zero-order valence-corrected chi connectivity index (χ0v) is 14.2. The molecule has 0 aromatic rings. The molecular weight excluding hydrogens is 340 g/mol. The van der Waals surface area contributed by atoms with Crippen LogP contribution in [0.4, 0.5) is 8.78 Å². The Morgan fingerprint density at radius 2 is 1.91 bits per heavy atom. The number of sulfonamides is 1. The number of piperidine rings is 1. The number of halogens is 3. The van der Waals surface area contributed by atoms with Gasteiger partial charge in [0.15, 0.2) is 0 Å². The topological polar surface area (TPSA) is 78.5 Å². The number of carbonyl (C=O) groups excluding carboxylic acids is 1. The highest BCUT2D eigenvalue weighted by Gasteiger charge is 2.34. The Morgan fingerprint density at radius 3 is 2.41 bits per heavy atom. The van der Waals surface area contributed by atoms with Gasteiger partial charge in [0.1, 0.15) is 0 Å². The third-order valence-electron chi connectivity index (χ3n) is 3.58. The maximum absolute atomic E-state index is 12.4. The first-order valence-electron chi connectivity index (χ1n) is 7.06. The predicted octanol–water partition coefficient (Wildman–Crippen LogP) is 0.788. The lowest BCUT2D eigenvalue weighted by atomic mass is 9.98. The van der Waals surface area contributed by atoms with Crippen LogP contribution in [0.15, 0.2) is 0 Å². The fourth-order valence-electron chi connectivity index (χ4n) is 2.25. The van der Waals surface area contributed by atoms with Crippen LogP contribution in [0.25, 0.3) is 0 Å². The lowest BCUT2D eigenvalue weighted by molar-refractivity contribution is -0.121. The second kappa shape index (κ2) is 10.3. The SMILES string of the molecule is CNCCCC(=O)NCC1CCN(S(=O)(=O)C(F)F)CC1.Cl. The molecule has 0 aliphatic carbocycles. The summed E-state index contributed by atoms with van der Waals surface area (Å²) in [5.41, 5.74) is 0. The quantitative estimate of drug-likeness (QED) is 0.625. The molecule has 0 spiro atoms. The summed E-state index contributed by atoms with van der Waals surface area (Å²) in [4.78, 5) is 11.5. The van der Waals surface area contributed by atoms with Crippen molar-refractivity contribution >= 4 is 28.3 Å². The summed E-state index contributed by atoms with van der Waals surface area (Å²) in [5.74, 6) is -3.25. The van der Waals surface area contributed by atoms with E-state index in [2.05, 4.69) is 10.6 Å². The fraction of sp³-hybridized carbons (Fsp3) is 0.917. The van der Waals surface area contributed by atoms with Crippen molar-refractivity contribution in [1.29, 1.82) is 0 Å². The molecule has 1 aliphatic heterocycles. The summed E-state index contributed by atoms with van der Waals surface area (Å²) in [6.07, 6.45) is 2.18. The molecule has 0 bridgehead atoms. The zero-order chi connectivity index (χ0) is 15.9. The summed E-state index contributed by atoms with van der Waals surface area (Å²) >= 11 is 0. The largest absolute Gasteiger partial charge is 0.356 e. The highest BCUT2D eigenvalue weighted by molar-refractivity contribution is 7.89. The molecule has 0 unspecified atom stereocenters. The molecule has 1 rings (SSSR count). The van der Waals surface area contributed by atoms with E-state index in [-0.39, 0.29) is 37.3 Å². The third kappa shape index (κ3) is 6.72. The van der Waals surface area contributed by atoms with E-state index in [4.69, 9.17) is 0 Å². The van der Waals surface area contributed by atoms with Crippen molar-refractivity contribution < 1.29 is 22.0 Å². The van der Waals surface area contributed by atoms with Crippen LogP contribution in [-0.2, 0) is 14.8 Å². The molecule has 1 fully saturated rings. The lowest BCUT2D eigenvalue weighted by Crippen LogP contribution is -2.43. The number of hydrogen-bond acceptors (Lipinski definition) is 4. The summed E-state index contributed by atoms with van der Waals surface area (Å²) < 4.78 is 48.3. The van der Waals surface area contributed by atoms with Crippen molar-refractivity contribution in [1.82, 2.24) is 14.9 Å². The van der Waals surface area contributed by atoms with Crippen LogP contribution in [-0.4, -0.2) is 57.6 Å². The van der Waals surface area contributed by atoms with Crippen LogP contribution >= 0.6 is 12.4 Å². The lowest BCUT2D eigenvalue weighted by Gasteiger charge is -2.30. The van der Waals surface area contributed by atoms with Gasteiger partial charge < -0.3 is 10.6 Å². The highest BCUT2D eigenvalue weighted by atomic mass is 35.5. The molecule has 10 heteroatoms. The number of nitrogens with one attached hydrogen (secondary N) is 2. The minimum Gasteiger partial charge on any atom is -0.356 e. The predicted molar refractivity (Wildman–Crippen MR) is 82.6 cm³/mol. The van der Waals surface area contributed by atoms with Crippen LogP contribution < -0.4 is 10.6 Å². The number of amides is 1. The molecule has 22 heavy (non-hydrogen) atoms. The Kier molecular flexibility index (Phi) is 10.1. The van der Waals surface area contributed by atoms with Crippen LogP contribution in [0.1, 0.15) is 25.7 Å². The highest BCUT2D eigenvalue weighted by Crippen LogP contribution is 2.22. The molecule has 0 aromatic carbocycles. The van der Waals surface area contributed by atoms with Crippen LogP contribution in [0.2, 0.25) is 0 Å².